The third-order valence-electron chi connectivity index (χ3n) is 2.72. The molecule has 0 aliphatic carbocycles. The Hall–Kier alpha value is -1.63. The molecule has 0 spiro atoms. The molecule has 102 valence electrons. The van der Waals surface area contributed by atoms with E-state index in [1.807, 2.05) is 18.2 Å². The number of thiazole rings is 1. The fourth-order valence-corrected chi connectivity index (χ4v) is 3.61. The highest BCUT2D eigenvalue weighted by molar-refractivity contribution is 7.20. The van der Waals surface area contributed by atoms with Gasteiger partial charge < -0.3 is 10.4 Å². The van der Waals surface area contributed by atoms with Crippen LogP contribution in [0.15, 0.2) is 30.5 Å². The van der Waals surface area contributed by atoms with Gasteiger partial charge in [0.05, 0.1) is 6.54 Å². The fraction of sp³-hybridized carbons (Fsp3) is 0.0769. The lowest BCUT2D eigenvalue weighted by Crippen LogP contribution is -1.96. The quantitative estimate of drug-likeness (QED) is 0.750. The predicted octanol–water partition coefficient (Wildman–Crippen LogP) is 4.32. The van der Waals surface area contributed by atoms with Gasteiger partial charge in [-0.15, -0.1) is 22.7 Å². The molecule has 0 saturated heterocycles. The van der Waals surface area contributed by atoms with Crippen molar-refractivity contribution in [2.75, 3.05) is 5.32 Å². The highest BCUT2D eigenvalue weighted by Crippen LogP contribution is 2.28. The average Bonchev–Trinajstić information content (AvgIpc) is 3.01. The number of nitrogens with one attached hydrogen (secondary N) is 1. The second-order valence-corrected chi connectivity index (χ2v) is 6.88. The minimum absolute atomic E-state index is 0.353. The van der Waals surface area contributed by atoms with Crippen LogP contribution in [-0.2, 0) is 6.54 Å². The Morgan fingerprint density at radius 2 is 2.20 bits per heavy atom. The molecule has 2 heterocycles. The lowest BCUT2D eigenvalue weighted by atomic mass is 10.2. The molecule has 0 radical (unpaired) electrons. The third kappa shape index (κ3) is 2.77. The maximum Gasteiger partial charge on any atom is 0.345 e. The molecular formula is C13H9ClN2O2S2. The van der Waals surface area contributed by atoms with Crippen molar-refractivity contribution < 1.29 is 9.90 Å². The molecule has 3 rings (SSSR count). The molecule has 0 bridgehead atoms. The molecule has 20 heavy (non-hydrogen) atoms. The number of benzene rings is 1. The van der Waals surface area contributed by atoms with Gasteiger partial charge in [0.2, 0.25) is 0 Å². The summed E-state index contributed by atoms with van der Waals surface area (Å²) in [6, 6.07) is 7.50. The fourth-order valence-electron chi connectivity index (χ4n) is 1.81. The summed E-state index contributed by atoms with van der Waals surface area (Å²) in [6.45, 7) is 0.645. The normalized spacial score (nSPS) is 10.8. The van der Waals surface area contributed by atoms with Gasteiger partial charge in [-0.3, -0.25) is 0 Å². The zero-order chi connectivity index (χ0) is 14.1. The Morgan fingerprint density at radius 1 is 1.35 bits per heavy atom. The number of carboxylic acids is 1. The number of rotatable bonds is 4. The van der Waals surface area contributed by atoms with Gasteiger partial charge in [0.25, 0.3) is 0 Å². The van der Waals surface area contributed by atoms with E-state index in [4.69, 9.17) is 16.7 Å². The van der Waals surface area contributed by atoms with Crippen molar-refractivity contribution in [3.63, 3.8) is 0 Å². The largest absolute Gasteiger partial charge is 0.477 e. The van der Waals surface area contributed by atoms with Gasteiger partial charge in [0.1, 0.15) is 4.88 Å². The van der Waals surface area contributed by atoms with E-state index in [0.29, 0.717) is 15.9 Å². The standard InChI is InChI=1S/C13H9ClN2O2S2/c14-13-16-6-9(19-13)5-15-8-1-2-10-7(3-8)4-11(20-10)12(17)18/h1-4,6,15H,5H2,(H,17,18). The van der Waals surface area contributed by atoms with Crippen LogP contribution in [0.5, 0.6) is 0 Å². The number of aromatic carboxylic acids is 1. The highest BCUT2D eigenvalue weighted by atomic mass is 35.5. The molecule has 0 aliphatic heterocycles. The van der Waals surface area contributed by atoms with E-state index >= 15 is 0 Å². The Morgan fingerprint density at radius 3 is 2.90 bits per heavy atom. The van der Waals surface area contributed by atoms with Crippen LogP contribution in [0.25, 0.3) is 10.1 Å². The van der Waals surface area contributed by atoms with E-state index in [1.54, 1.807) is 12.3 Å². The van der Waals surface area contributed by atoms with Gasteiger partial charge in [-0.1, -0.05) is 11.6 Å². The van der Waals surface area contributed by atoms with Crippen molar-refractivity contribution in [2.45, 2.75) is 6.54 Å². The van der Waals surface area contributed by atoms with Gasteiger partial charge >= 0.3 is 5.97 Å². The number of thiophene rings is 1. The van der Waals surface area contributed by atoms with Crippen molar-refractivity contribution in [3.8, 4) is 0 Å². The summed E-state index contributed by atoms with van der Waals surface area (Å²) in [6.07, 6.45) is 1.74. The second-order valence-electron chi connectivity index (χ2n) is 4.10. The number of nitrogens with zero attached hydrogens (tertiary/aromatic N) is 1. The highest BCUT2D eigenvalue weighted by Gasteiger charge is 2.08. The minimum atomic E-state index is -0.889. The average molecular weight is 325 g/mol. The van der Waals surface area contributed by atoms with Crippen molar-refractivity contribution in [1.29, 1.82) is 0 Å². The monoisotopic (exact) mass is 324 g/mol. The Kier molecular flexibility index (Phi) is 3.60. The van der Waals surface area contributed by atoms with Crippen LogP contribution in [0.1, 0.15) is 14.5 Å². The molecule has 0 atom stereocenters. The van der Waals surface area contributed by atoms with Crippen LogP contribution in [-0.4, -0.2) is 16.1 Å². The van der Waals surface area contributed by atoms with Gasteiger partial charge in [-0.25, -0.2) is 9.78 Å². The van der Waals surface area contributed by atoms with Crippen molar-refractivity contribution >= 4 is 56.0 Å². The number of halogens is 1. The molecule has 0 saturated carbocycles. The first-order valence-corrected chi connectivity index (χ1v) is 7.74. The maximum absolute atomic E-state index is 10.9. The summed E-state index contributed by atoms with van der Waals surface area (Å²) in [5, 5.41) is 13.2. The molecular weight excluding hydrogens is 316 g/mol. The Balaban J connectivity index is 1.80. The van der Waals surface area contributed by atoms with E-state index in [2.05, 4.69) is 10.3 Å². The second kappa shape index (κ2) is 5.40. The summed E-state index contributed by atoms with van der Waals surface area (Å²) < 4.78 is 1.50. The summed E-state index contributed by atoms with van der Waals surface area (Å²) in [5.74, 6) is -0.889. The number of hydrogen-bond acceptors (Lipinski definition) is 5. The number of aromatic nitrogens is 1. The Labute approximate surface area is 127 Å². The van der Waals surface area contributed by atoms with Crippen molar-refractivity contribution in [1.82, 2.24) is 4.98 Å². The van der Waals surface area contributed by atoms with Crippen LogP contribution < -0.4 is 5.32 Å². The first-order chi connectivity index (χ1) is 9.61. The number of anilines is 1. The first kappa shape index (κ1) is 13.4. The molecule has 0 amide bonds. The molecule has 2 aromatic heterocycles. The maximum atomic E-state index is 10.9. The molecule has 3 aromatic rings. The van der Waals surface area contributed by atoms with Gasteiger partial charge in [0, 0.05) is 21.5 Å². The molecule has 0 unspecified atom stereocenters. The van der Waals surface area contributed by atoms with Crippen LogP contribution in [0.4, 0.5) is 5.69 Å². The van der Waals surface area contributed by atoms with E-state index in [0.717, 1.165) is 20.7 Å². The molecule has 4 nitrogen and oxygen atoms in total. The zero-order valence-electron chi connectivity index (χ0n) is 10.1. The topological polar surface area (TPSA) is 62.2 Å². The summed E-state index contributed by atoms with van der Waals surface area (Å²) in [7, 11) is 0. The lowest BCUT2D eigenvalue weighted by Gasteiger charge is -2.04. The zero-order valence-corrected chi connectivity index (χ0v) is 12.5. The molecule has 0 aliphatic rings. The van der Waals surface area contributed by atoms with E-state index in [-0.39, 0.29) is 0 Å². The van der Waals surface area contributed by atoms with Crippen LogP contribution in [0.2, 0.25) is 4.47 Å². The van der Waals surface area contributed by atoms with Crippen molar-refractivity contribution in [2.24, 2.45) is 0 Å². The van der Waals surface area contributed by atoms with Crippen molar-refractivity contribution in [3.05, 3.63) is 44.7 Å². The lowest BCUT2D eigenvalue weighted by molar-refractivity contribution is 0.0702. The number of carboxylic acid groups (broad SMARTS) is 1. The van der Waals surface area contributed by atoms with E-state index < -0.39 is 5.97 Å². The Bertz CT molecular complexity index is 782. The predicted molar refractivity (Wildman–Crippen MR) is 83.2 cm³/mol. The number of hydrogen-bond donors (Lipinski definition) is 2. The van der Waals surface area contributed by atoms with Crippen LogP contribution >= 0.6 is 34.3 Å². The molecule has 2 N–H and O–H groups in total. The smallest absolute Gasteiger partial charge is 0.345 e. The molecule has 1 aromatic carbocycles. The summed E-state index contributed by atoms with van der Waals surface area (Å²) >= 11 is 8.49. The van der Waals surface area contributed by atoms with Gasteiger partial charge in [-0.2, -0.15) is 0 Å². The molecule has 7 heteroatoms. The SMILES string of the molecule is O=C(O)c1cc2cc(NCc3cnc(Cl)s3)ccc2s1. The minimum Gasteiger partial charge on any atom is -0.477 e. The van der Waals surface area contributed by atoms with Gasteiger partial charge in [0.15, 0.2) is 4.47 Å². The number of carbonyl (C=O) groups is 1. The van der Waals surface area contributed by atoms with Crippen LogP contribution in [0.3, 0.4) is 0 Å². The van der Waals surface area contributed by atoms with E-state index in [9.17, 15) is 4.79 Å². The first-order valence-electron chi connectivity index (χ1n) is 5.73. The third-order valence-corrected chi connectivity index (χ3v) is 4.94. The van der Waals surface area contributed by atoms with Crippen LogP contribution in [0, 0.1) is 0 Å². The summed E-state index contributed by atoms with van der Waals surface area (Å²) in [5.41, 5.74) is 0.941. The summed E-state index contributed by atoms with van der Waals surface area (Å²) in [4.78, 5) is 16.3. The molecule has 0 fully saturated rings. The van der Waals surface area contributed by atoms with E-state index in [1.165, 1.54) is 22.7 Å². The number of fused-ring (bicyclic) bond motifs is 1. The van der Waals surface area contributed by atoms with Gasteiger partial charge in [-0.05, 0) is 29.7 Å².